The van der Waals surface area contributed by atoms with Crippen LogP contribution in [-0.4, -0.2) is 44.7 Å². The van der Waals surface area contributed by atoms with Gasteiger partial charge in [0.25, 0.3) is 0 Å². The average Bonchev–Trinajstić information content (AvgIpc) is 3.01. The van der Waals surface area contributed by atoms with Crippen molar-refractivity contribution in [1.29, 1.82) is 0 Å². The highest BCUT2D eigenvalue weighted by Crippen LogP contribution is 2.39. The van der Waals surface area contributed by atoms with E-state index in [0.29, 0.717) is 25.7 Å². The van der Waals surface area contributed by atoms with Gasteiger partial charge in [-0.25, -0.2) is 5.48 Å². The highest BCUT2D eigenvalue weighted by Gasteiger charge is 2.40. The summed E-state index contributed by atoms with van der Waals surface area (Å²) in [6, 6.07) is 10.2. The highest BCUT2D eigenvalue weighted by atomic mass is 16.5. The maximum atomic E-state index is 11.0. The van der Waals surface area contributed by atoms with Crippen molar-refractivity contribution in [2.24, 2.45) is 11.8 Å². The predicted molar refractivity (Wildman–Crippen MR) is 120 cm³/mol. The number of aliphatic hydroxyl groups is 3. The van der Waals surface area contributed by atoms with Gasteiger partial charge in [0.05, 0.1) is 18.3 Å². The van der Waals surface area contributed by atoms with Gasteiger partial charge in [0.15, 0.2) is 0 Å². The zero-order valence-corrected chi connectivity index (χ0v) is 18.6. The quantitative estimate of drug-likeness (QED) is 0.141. The lowest BCUT2D eigenvalue weighted by atomic mass is 9.84. The zero-order valence-electron chi connectivity index (χ0n) is 18.6. The van der Waals surface area contributed by atoms with E-state index >= 15 is 0 Å². The van der Waals surface area contributed by atoms with Crippen LogP contribution in [0.4, 0.5) is 0 Å². The number of hydroxylamine groups is 1. The summed E-state index contributed by atoms with van der Waals surface area (Å²) in [7, 11) is 0. The number of carbonyl (C=O) groups is 1. The van der Waals surface area contributed by atoms with E-state index in [0.717, 1.165) is 44.1 Å². The summed E-state index contributed by atoms with van der Waals surface area (Å²) in [5.41, 5.74) is 3.98. The molecule has 0 aromatic heterocycles. The molecule has 0 bridgehead atoms. The Balaban J connectivity index is 1.75. The fraction of sp³-hybridized carbons (Fsp3) is 0.640. The minimum Gasteiger partial charge on any atom is -0.393 e. The van der Waals surface area contributed by atoms with Gasteiger partial charge in [-0.05, 0) is 62.8 Å². The molecule has 6 heteroatoms. The molecule has 1 aromatic carbocycles. The zero-order chi connectivity index (χ0) is 22.6. The Labute approximate surface area is 186 Å². The molecule has 0 radical (unpaired) electrons. The van der Waals surface area contributed by atoms with Crippen LogP contribution in [0.25, 0.3) is 0 Å². The van der Waals surface area contributed by atoms with E-state index in [1.807, 2.05) is 31.2 Å². The second-order valence-corrected chi connectivity index (χ2v) is 9.01. The number of amides is 1. The van der Waals surface area contributed by atoms with E-state index in [1.54, 1.807) is 5.48 Å². The standard InChI is InChI=1S/C25H39NO5/c1-18(15-19-9-5-4-6-10-19)16-20(27)13-14-22-21(23(28)17-24(22)29)11-7-2-3-8-12-25(30)26-31/h4-6,9-10,16,20-24,27-29,31H,2-3,7-8,11-15,17H2,1H3,(H,26,30)/b18-16+/t20?,21?,22-,23+,24-/m1/s1. The van der Waals surface area contributed by atoms with Crippen LogP contribution < -0.4 is 5.48 Å². The van der Waals surface area contributed by atoms with Crippen molar-refractivity contribution >= 4 is 5.91 Å². The molecule has 0 heterocycles. The van der Waals surface area contributed by atoms with E-state index in [9.17, 15) is 20.1 Å². The number of aliphatic hydroxyl groups excluding tert-OH is 3. The minimum atomic E-state index is -0.549. The number of nitrogens with one attached hydrogen (secondary N) is 1. The minimum absolute atomic E-state index is 0.00708. The molecule has 1 aliphatic carbocycles. The molecule has 5 N–H and O–H groups in total. The molecule has 1 saturated carbocycles. The largest absolute Gasteiger partial charge is 0.393 e. The molecule has 31 heavy (non-hydrogen) atoms. The number of hydrogen-bond acceptors (Lipinski definition) is 5. The summed E-state index contributed by atoms with van der Waals surface area (Å²) in [4.78, 5) is 11.0. The number of carbonyl (C=O) groups excluding carboxylic acids is 1. The molecule has 2 unspecified atom stereocenters. The molecule has 1 amide bonds. The fourth-order valence-electron chi connectivity index (χ4n) is 4.81. The molecule has 5 atom stereocenters. The average molecular weight is 434 g/mol. The first-order chi connectivity index (χ1) is 14.9. The summed E-state index contributed by atoms with van der Waals surface area (Å²) >= 11 is 0. The van der Waals surface area contributed by atoms with Crippen molar-refractivity contribution in [2.45, 2.75) is 89.4 Å². The van der Waals surface area contributed by atoms with Crippen molar-refractivity contribution < 1.29 is 25.3 Å². The Morgan fingerprint density at radius 1 is 1.06 bits per heavy atom. The number of hydrogen-bond donors (Lipinski definition) is 5. The van der Waals surface area contributed by atoms with Crippen LogP contribution in [0.15, 0.2) is 42.0 Å². The van der Waals surface area contributed by atoms with E-state index in [2.05, 4.69) is 12.1 Å². The van der Waals surface area contributed by atoms with E-state index in [-0.39, 0.29) is 17.7 Å². The SMILES string of the molecule is C/C(=C\C(O)CC[C@@H]1C(CCCCCCC(=O)NO)[C@@H](O)C[C@H]1O)Cc1ccccc1. The van der Waals surface area contributed by atoms with Gasteiger partial charge in [-0.1, -0.05) is 61.2 Å². The Hall–Kier alpha value is -1.73. The fourth-order valence-corrected chi connectivity index (χ4v) is 4.81. The molecule has 1 aliphatic rings. The first kappa shape index (κ1) is 25.5. The van der Waals surface area contributed by atoms with Crippen LogP contribution >= 0.6 is 0 Å². The second-order valence-electron chi connectivity index (χ2n) is 9.01. The normalized spacial score (nSPS) is 24.9. The molecule has 2 rings (SSSR count). The summed E-state index contributed by atoms with van der Waals surface area (Å²) < 4.78 is 0. The molecule has 1 fully saturated rings. The summed E-state index contributed by atoms with van der Waals surface area (Å²) in [5, 5.41) is 39.8. The third-order valence-electron chi connectivity index (χ3n) is 6.44. The van der Waals surface area contributed by atoms with Gasteiger partial charge in [0, 0.05) is 6.42 Å². The Kier molecular flexibility index (Phi) is 11.2. The number of unbranched alkanes of at least 4 members (excludes halogenated alkanes) is 3. The van der Waals surface area contributed by atoms with Crippen LogP contribution in [-0.2, 0) is 11.2 Å². The van der Waals surface area contributed by atoms with Crippen LogP contribution in [0.1, 0.15) is 70.3 Å². The lowest BCUT2D eigenvalue weighted by Crippen LogP contribution is -2.23. The van der Waals surface area contributed by atoms with Crippen LogP contribution in [0.2, 0.25) is 0 Å². The Bertz CT molecular complexity index is 678. The number of allylic oxidation sites excluding steroid dienone is 1. The third kappa shape index (κ3) is 9.11. The highest BCUT2D eigenvalue weighted by molar-refractivity contribution is 5.74. The molecule has 6 nitrogen and oxygen atoms in total. The molecular formula is C25H39NO5. The van der Waals surface area contributed by atoms with Gasteiger partial charge in [-0.2, -0.15) is 0 Å². The number of benzene rings is 1. The maximum absolute atomic E-state index is 11.0. The maximum Gasteiger partial charge on any atom is 0.243 e. The molecule has 0 saturated heterocycles. The topological polar surface area (TPSA) is 110 Å². The van der Waals surface area contributed by atoms with Crippen molar-refractivity contribution in [3.8, 4) is 0 Å². The van der Waals surface area contributed by atoms with Crippen LogP contribution in [0, 0.1) is 11.8 Å². The van der Waals surface area contributed by atoms with Crippen LogP contribution in [0.5, 0.6) is 0 Å². The van der Waals surface area contributed by atoms with Gasteiger partial charge in [-0.3, -0.25) is 10.0 Å². The first-order valence-electron chi connectivity index (χ1n) is 11.6. The molecular weight excluding hydrogens is 394 g/mol. The third-order valence-corrected chi connectivity index (χ3v) is 6.44. The lowest BCUT2D eigenvalue weighted by molar-refractivity contribution is -0.129. The van der Waals surface area contributed by atoms with Crippen molar-refractivity contribution in [3.05, 3.63) is 47.5 Å². The Morgan fingerprint density at radius 2 is 1.71 bits per heavy atom. The first-order valence-corrected chi connectivity index (χ1v) is 11.6. The molecule has 174 valence electrons. The van der Waals surface area contributed by atoms with Gasteiger partial charge in [0.1, 0.15) is 0 Å². The molecule has 0 spiro atoms. The molecule has 0 aliphatic heterocycles. The summed E-state index contributed by atoms with van der Waals surface area (Å²) in [5.74, 6) is -0.300. The van der Waals surface area contributed by atoms with Gasteiger partial charge in [0.2, 0.25) is 5.91 Å². The van der Waals surface area contributed by atoms with Crippen molar-refractivity contribution in [3.63, 3.8) is 0 Å². The molecule has 1 aromatic rings. The lowest BCUT2D eigenvalue weighted by Gasteiger charge is -2.24. The van der Waals surface area contributed by atoms with Gasteiger partial charge in [-0.15, -0.1) is 0 Å². The van der Waals surface area contributed by atoms with E-state index < -0.39 is 18.3 Å². The van der Waals surface area contributed by atoms with Crippen molar-refractivity contribution in [2.75, 3.05) is 0 Å². The van der Waals surface area contributed by atoms with E-state index in [4.69, 9.17) is 5.21 Å². The predicted octanol–water partition coefficient (Wildman–Crippen LogP) is 3.52. The smallest absolute Gasteiger partial charge is 0.243 e. The van der Waals surface area contributed by atoms with Crippen LogP contribution in [0.3, 0.4) is 0 Å². The monoisotopic (exact) mass is 433 g/mol. The Morgan fingerprint density at radius 3 is 2.39 bits per heavy atom. The second kappa shape index (κ2) is 13.6. The van der Waals surface area contributed by atoms with Gasteiger partial charge >= 0.3 is 0 Å². The number of rotatable bonds is 13. The van der Waals surface area contributed by atoms with E-state index in [1.165, 1.54) is 5.56 Å². The van der Waals surface area contributed by atoms with Gasteiger partial charge < -0.3 is 15.3 Å². The van der Waals surface area contributed by atoms with Crippen molar-refractivity contribution in [1.82, 2.24) is 5.48 Å². The summed E-state index contributed by atoms with van der Waals surface area (Å²) in [6.07, 6.45) is 7.50. The summed E-state index contributed by atoms with van der Waals surface area (Å²) in [6.45, 7) is 2.03.